The van der Waals surface area contributed by atoms with E-state index >= 15 is 0 Å². The first-order chi connectivity index (χ1) is 7.70. The van der Waals surface area contributed by atoms with Gasteiger partial charge in [-0.1, -0.05) is 6.92 Å². The lowest BCUT2D eigenvalue weighted by Crippen LogP contribution is -2.18. The van der Waals surface area contributed by atoms with Crippen molar-refractivity contribution in [3.05, 3.63) is 0 Å². The highest BCUT2D eigenvalue weighted by molar-refractivity contribution is 4.46. The summed E-state index contributed by atoms with van der Waals surface area (Å²) in [6.45, 7) is 9.94. The average Bonchev–Trinajstić information content (AvgIpc) is 2.24. The number of hydrogen-bond acceptors (Lipinski definition) is 4. The van der Waals surface area contributed by atoms with Crippen molar-refractivity contribution in [2.24, 2.45) is 0 Å². The number of ether oxygens (including phenoxy) is 2. The molecule has 0 radical (unpaired) electrons. The molecule has 1 unspecified atom stereocenters. The first-order valence-electron chi connectivity index (χ1n) is 6.22. The van der Waals surface area contributed by atoms with Crippen LogP contribution in [0.5, 0.6) is 0 Å². The fraction of sp³-hybridized carbons (Fsp3) is 1.00. The molecule has 98 valence electrons. The molecule has 0 bridgehead atoms. The van der Waals surface area contributed by atoms with Crippen LogP contribution in [0, 0.1) is 0 Å². The van der Waals surface area contributed by atoms with Crippen LogP contribution in [0.1, 0.15) is 47.0 Å². The van der Waals surface area contributed by atoms with Crippen LogP contribution in [0.4, 0.5) is 0 Å². The van der Waals surface area contributed by atoms with Gasteiger partial charge in [0, 0.05) is 19.6 Å². The van der Waals surface area contributed by atoms with Gasteiger partial charge < -0.3 is 9.47 Å². The summed E-state index contributed by atoms with van der Waals surface area (Å²) in [5.41, 5.74) is 0. The zero-order chi connectivity index (χ0) is 12.2. The second-order valence-corrected chi connectivity index (χ2v) is 3.86. The lowest BCUT2D eigenvalue weighted by atomic mass is 10.3. The summed E-state index contributed by atoms with van der Waals surface area (Å²) >= 11 is 0. The van der Waals surface area contributed by atoms with E-state index in [1.54, 1.807) is 0 Å². The van der Waals surface area contributed by atoms with Crippen molar-refractivity contribution >= 4 is 0 Å². The smallest absolute Gasteiger partial charge is 0.157 e. The minimum absolute atomic E-state index is 0.104. The summed E-state index contributed by atoms with van der Waals surface area (Å²) in [6, 6.07) is 0. The van der Waals surface area contributed by atoms with E-state index in [-0.39, 0.29) is 12.4 Å². The summed E-state index contributed by atoms with van der Waals surface area (Å²) in [6.07, 6.45) is 2.74. The molecule has 0 N–H and O–H groups in total. The molecule has 0 aromatic carbocycles. The molecule has 16 heavy (non-hydrogen) atoms. The van der Waals surface area contributed by atoms with E-state index in [1.807, 2.05) is 20.8 Å². The fourth-order valence-electron chi connectivity index (χ4n) is 1.14. The molecule has 0 saturated heterocycles. The highest BCUT2D eigenvalue weighted by Crippen LogP contribution is 2.06. The Labute approximate surface area is 99.1 Å². The molecule has 0 aromatic rings. The quantitative estimate of drug-likeness (QED) is 0.238. The zero-order valence-corrected chi connectivity index (χ0v) is 11.0. The van der Waals surface area contributed by atoms with Crippen LogP contribution in [-0.4, -0.2) is 32.2 Å². The van der Waals surface area contributed by atoms with Gasteiger partial charge in [0.15, 0.2) is 6.29 Å². The Bertz CT molecular complexity index is 139. The maximum absolute atomic E-state index is 5.54. The van der Waals surface area contributed by atoms with Crippen molar-refractivity contribution in [3.8, 4) is 0 Å². The van der Waals surface area contributed by atoms with Crippen molar-refractivity contribution < 1.29 is 19.2 Å². The standard InChI is InChI=1S/C12H26O4/c1-5-9-14-12(13-6-2)8-7-10-15-16-11(3)4/h11-12H,5-10H2,1-4H3. The van der Waals surface area contributed by atoms with E-state index in [2.05, 4.69) is 6.92 Å². The molecule has 0 heterocycles. The minimum Gasteiger partial charge on any atom is -0.353 e. The summed E-state index contributed by atoms with van der Waals surface area (Å²) < 4.78 is 11.0. The molecule has 4 nitrogen and oxygen atoms in total. The van der Waals surface area contributed by atoms with Crippen molar-refractivity contribution in [2.45, 2.75) is 59.4 Å². The summed E-state index contributed by atoms with van der Waals surface area (Å²) in [4.78, 5) is 10.0. The van der Waals surface area contributed by atoms with Crippen LogP contribution in [0.25, 0.3) is 0 Å². The Balaban J connectivity index is 3.43. The maximum atomic E-state index is 5.54. The molecule has 0 fully saturated rings. The zero-order valence-electron chi connectivity index (χ0n) is 11.0. The molecular formula is C12H26O4. The van der Waals surface area contributed by atoms with Gasteiger partial charge in [-0.2, -0.15) is 0 Å². The summed E-state index contributed by atoms with van der Waals surface area (Å²) in [7, 11) is 0. The van der Waals surface area contributed by atoms with Gasteiger partial charge in [-0.25, -0.2) is 9.78 Å². The topological polar surface area (TPSA) is 36.9 Å². The van der Waals surface area contributed by atoms with Gasteiger partial charge in [-0.05, 0) is 33.6 Å². The Morgan fingerprint density at radius 2 is 1.75 bits per heavy atom. The average molecular weight is 234 g/mol. The molecule has 4 heteroatoms. The third-order valence-corrected chi connectivity index (χ3v) is 1.79. The van der Waals surface area contributed by atoms with Gasteiger partial charge in [-0.3, -0.25) is 0 Å². The Morgan fingerprint density at radius 1 is 1.00 bits per heavy atom. The molecule has 0 aromatic heterocycles. The van der Waals surface area contributed by atoms with Gasteiger partial charge in [0.1, 0.15) is 0 Å². The van der Waals surface area contributed by atoms with Crippen LogP contribution in [0.3, 0.4) is 0 Å². The monoisotopic (exact) mass is 234 g/mol. The number of rotatable bonds is 11. The first-order valence-corrected chi connectivity index (χ1v) is 6.22. The second kappa shape index (κ2) is 11.3. The van der Waals surface area contributed by atoms with Crippen molar-refractivity contribution in [2.75, 3.05) is 19.8 Å². The molecule has 0 spiro atoms. The Kier molecular flexibility index (Phi) is 11.2. The predicted molar refractivity (Wildman–Crippen MR) is 63.1 cm³/mol. The van der Waals surface area contributed by atoms with E-state index < -0.39 is 0 Å². The maximum Gasteiger partial charge on any atom is 0.157 e. The van der Waals surface area contributed by atoms with Gasteiger partial charge in [0.05, 0.1) is 12.7 Å². The first kappa shape index (κ1) is 15.8. The highest BCUT2D eigenvalue weighted by atomic mass is 17.2. The van der Waals surface area contributed by atoms with Crippen LogP contribution >= 0.6 is 0 Å². The molecule has 0 aliphatic rings. The minimum atomic E-state index is -0.104. The van der Waals surface area contributed by atoms with Crippen LogP contribution in [0.2, 0.25) is 0 Å². The molecule has 0 aliphatic carbocycles. The normalized spacial score (nSPS) is 13.3. The molecule has 0 saturated carbocycles. The fourth-order valence-corrected chi connectivity index (χ4v) is 1.14. The van der Waals surface area contributed by atoms with E-state index in [0.29, 0.717) is 13.2 Å². The van der Waals surface area contributed by atoms with Gasteiger partial charge >= 0.3 is 0 Å². The highest BCUT2D eigenvalue weighted by Gasteiger charge is 2.07. The lowest BCUT2D eigenvalue weighted by molar-refractivity contribution is -0.318. The van der Waals surface area contributed by atoms with E-state index in [4.69, 9.17) is 19.2 Å². The third kappa shape index (κ3) is 10.4. The molecular weight excluding hydrogens is 208 g/mol. The summed E-state index contributed by atoms with van der Waals surface area (Å²) in [5.74, 6) is 0. The van der Waals surface area contributed by atoms with E-state index in [0.717, 1.165) is 25.9 Å². The molecule has 1 atom stereocenters. The van der Waals surface area contributed by atoms with E-state index in [1.165, 1.54) is 0 Å². The Hall–Kier alpha value is -0.160. The van der Waals surface area contributed by atoms with Gasteiger partial charge in [-0.15, -0.1) is 0 Å². The molecule has 0 aliphatic heterocycles. The van der Waals surface area contributed by atoms with Gasteiger partial charge in [0.2, 0.25) is 0 Å². The van der Waals surface area contributed by atoms with Crippen LogP contribution in [0.15, 0.2) is 0 Å². The molecule has 0 rings (SSSR count). The predicted octanol–water partition coefficient (Wildman–Crippen LogP) is 2.91. The van der Waals surface area contributed by atoms with Gasteiger partial charge in [0.25, 0.3) is 0 Å². The SMILES string of the molecule is CCCOC(CCCOOC(C)C)OCC. The van der Waals surface area contributed by atoms with Crippen molar-refractivity contribution in [1.82, 2.24) is 0 Å². The second-order valence-electron chi connectivity index (χ2n) is 3.86. The Morgan fingerprint density at radius 3 is 2.31 bits per heavy atom. The van der Waals surface area contributed by atoms with Crippen molar-refractivity contribution in [3.63, 3.8) is 0 Å². The third-order valence-electron chi connectivity index (χ3n) is 1.79. The molecule has 0 amide bonds. The van der Waals surface area contributed by atoms with E-state index in [9.17, 15) is 0 Å². The largest absolute Gasteiger partial charge is 0.353 e. The van der Waals surface area contributed by atoms with Crippen molar-refractivity contribution in [1.29, 1.82) is 0 Å². The number of hydrogen-bond donors (Lipinski definition) is 0. The lowest BCUT2D eigenvalue weighted by Gasteiger charge is -2.17. The van der Waals surface area contributed by atoms with Crippen LogP contribution < -0.4 is 0 Å². The summed E-state index contributed by atoms with van der Waals surface area (Å²) in [5, 5.41) is 0. The van der Waals surface area contributed by atoms with Crippen LogP contribution in [-0.2, 0) is 19.2 Å².